The van der Waals surface area contributed by atoms with E-state index in [1.165, 1.54) is 6.07 Å². The molecule has 102 valence electrons. The average Bonchev–Trinajstić information content (AvgIpc) is 2.80. The van der Waals surface area contributed by atoms with Crippen LogP contribution >= 0.6 is 11.6 Å². The predicted octanol–water partition coefficient (Wildman–Crippen LogP) is 3.48. The molecule has 0 unspecified atom stereocenters. The number of hydrogen-bond acceptors (Lipinski definition) is 3. The molecule has 0 amide bonds. The second-order valence-corrected chi connectivity index (χ2v) is 5.02. The molecule has 0 atom stereocenters. The van der Waals surface area contributed by atoms with Crippen LogP contribution in [0.1, 0.15) is 0 Å². The number of aromatic amines is 1. The van der Waals surface area contributed by atoms with E-state index in [4.69, 9.17) is 11.6 Å². The normalized spacial score (nSPS) is 11.0. The van der Waals surface area contributed by atoms with Crippen molar-refractivity contribution >= 4 is 28.6 Å². The Bertz CT molecular complexity index is 762. The highest BCUT2D eigenvalue weighted by Crippen LogP contribution is 2.29. The number of pyridine rings is 1. The first-order chi connectivity index (χ1) is 9.56. The van der Waals surface area contributed by atoms with Crippen molar-refractivity contribution in [1.29, 1.82) is 0 Å². The van der Waals surface area contributed by atoms with Crippen molar-refractivity contribution in [3.63, 3.8) is 0 Å². The summed E-state index contributed by atoms with van der Waals surface area (Å²) in [5.74, 6) is 0.756. The van der Waals surface area contributed by atoms with Crippen molar-refractivity contribution in [3.05, 3.63) is 41.2 Å². The van der Waals surface area contributed by atoms with Gasteiger partial charge in [-0.15, -0.1) is 0 Å². The Morgan fingerprint density at radius 1 is 1.15 bits per heavy atom. The van der Waals surface area contributed by atoms with Gasteiger partial charge in [0, 0.05) is 14.1 Å². The van der Waals surface area contributed by atoms with E-state index < -0.39 is 5.82 Å². The van der Waals surface area contributed by atoms with Crippen LogP contribution in [0.2, 0.25) is 5.02 Å². The predicted molar refractivity (Wildman–Crippen MR) is 78.6 cm³/mol. The monoisotopic (exact) mass is 290 g/mol. The summed E-state index contributed by atoms with van der Waals surface area (Å²) in [5.41, 5.74) is 1.54. The molecule has 0 aliphatic heterocycles. The van der Waals surface area contributed by atoms with Gasteiger partial charge in [-0.1, -0.05) is 17.7 Å². The lowest BCUT2D eigenvalue weighted by Crippen LogP contribution is -2.10. The van der Waals surface area contributed by atoms with Gasteiger partial charge in [0.05, 0.1) is 16.1 Å². The second kappa shape index (κ2) is 4.76. The van der Waals surface area contributed by atoms with E-state index in [1.54, 1.807) is 12.1 Å². The third-order valence-electron chi connectivity index (χ3n) is 2.99. The van der Waals surface area contributed by atoms with E-state index in [0.717, 1.165) is 11.3 Å². The topological polar surface area (TPSA) is 44.8 Å². The molecular formula is C14H12ClFN4. The molecule has 1 aromatic carbocycles. The summed E-state index contributed by atoms with van der Waals surface area (Å²) in [6, 6.07) is 8.28. The van der Waals surface area contributed by atoms with Crippen LogP contribution in [0.25, 0.3) is 22.6 Å². The number of nitrogens with zero attached hydrogens (tertiary/aromatic N) is 3. The molecule has 0 radical (unpaired) electrons. The van der Waals surface area contributed by atoms with Crippen molar-refractivity contribution < 1.29 is 4.39 Å². The van der Waals surface area contributed by atoms with Crippen molar-refractivity contribution in [3.8, 4) is 11.4 Å². The van der Waals surface area contributed by atoms with Crippen LogP contribution in [-0.4, -0.2) is 29.0 Å². The van der Waals surface area contributed by atoms with Crippen LogP contribution in [0.4, 0.5) is 10.2 Å². The van der Waals surface area contributed by atoms with E-state index in [0.29, 0.717) is 16.5 Å². The minimum atomic E-state index is -0.413. The number of halogens is 2. The van der Waals surface area contributed by atoms with Crippen molar-refractivity contribution in [2.45, 2.75) is 0 Å². The molecule has 4 nitrogen and oxygen atoms in total. The summed E-state index contributed by atoms with van der Waals surface area (Å²) in [7, 11) is 3.80. The van der Waals surface area contributed by atoms with Crippen LogP contribution in [-0.2, 0) is 0 Å². The third kappa shape index (κ3) is 2.10. The standard InChI is InChI=1S/C14H12ClFN4/c1-20(2)11-7-6-10-13(18-11)19-14(17-10)12-8(15)4-3-5-9(12)16/h3-7H,1-2H3,(H,17,18,19). The number of aromatic nitrogens is 3. The molecule has 0 saturated carbocycles. The van der Waals surface area contributed by atoms with Crippen LogP contribution in [0.5, 0.6) is 0 Å². The van der Waals surface area contributed by atoms with Crippen molar-refractivity contribution in [2.75, 3.05) is 19.0 Å². The van der Waals surface area contributed by atoms with Gasteiger partial charge in [0.15, 0.2) is 5.65 Å². The summed E-state index contributed by atoms with van der Waals surface area (Å²) in [5, 5.41) is 0.317. The fourth-order valence-electron chi connectivity index (χ4n) is 1.97. The summed E-state index contributed by atoms with van der Waals surface area (Å²) in [6.07, 6.45) is 0. The molecule has 2 aromatic heterocycles. The molecule has 0 aliphatic rings. The summed E-state index contributed by atoms with van der Waals surface area (Å²) >= 11 is 6.04. The summed E-state index contributed by atoms with van der Waals surface area (Å²) < 4.78 is 13.9. The number of anilines is 1. The molecule has 6 heteroatoms. The Balaban J connectivity index is 2.18. The smallest absolute Gasteiger partial charge is 0.180 e. The molecule has 0 fully saturated rings. The molecule has 0 aliphatic carbocycles. The van der Waals surface area contributed by atoms with Gasteiger partial charge in [0.1, 0.15) is 17.5 Å². The average molecular weight is 291 g/mol. The van der Waals surface area contributed by atoms with Gasteiger partial charge < -0.3 is 9.88 Å². The fraction of sp³-hybridized carbons (Fsp3) is 0.143. The first-order valence-corrected chi connectivity index (χ1v) is 6.42. The minimum absolute atomic E-state index is 0.263. The first kappa shape index (κ1) is 12.9. The zero-order chi connectivity index (χ0) is 14.3. The van der Waals surface area contributed by atoms with Crippen molar-refractivity contribution in [2.24, 2.45) is 0 Å². The van der Waals surface area contributed by atoms with E-state index in [9.17, 15) is 4.39 Å². The Labute approximate surface area is 120 Å². The highest BCUT2D eigenvalue weighted by atomic mass is 35.5. The van der Waals surface area contributed by atoms with Crippen LogP contribution in [0.3, 0.4) is 0 Å². The molecule has 3 aromatic rings. The quantitative estimate of drug-likeness (QED) is 0.786. The summed E-state index contributed by atoms with van der Waals surface area (Å²) in [6.45, 7) is 0. The Kier molecular flexibility index (Phi) is 3.06. The second-order valence-electron chi connectivity index (χ2n) is 4.62. The van der Waals surface area contributed by atoms with E-state index >= 15 is 0 Å². The zero-order valence-electron chi connectivity index (χ0n) is 11.0. The Morgan fingerprint density at radius 2 is 1.95 bits per heavy atom. The van der Waals surface area contributed by atoms with Gasteiger partial charge in [-0.2, -0.15) is 0 Å². The lowest BCUT2D eigenvalue weighted by atomic mass is 10.2. The number of hydrogen-bond donors (Lipinski definition) is 1. The number of benzene rings is 1. The summed E-state index contributed by atoms with van der Waals surface area (Å²) in [4.78, 5) is 13.7. The van der Waals surface area contributed by atoms with E-state index in [1.807, 2.05) is 31.1 Å². The van der Waals surface area contributed by atoms with Gasteiger partial charge in [-0.25, -0.2) is 14.4 Å². The maximum Gasteiger partial charge on any atom is 0.180 e. The Hall–Kier alpha value is -2.14. The molecule has 1 N–H and O–H groups in total. The molecule has 20 heavy (non-hydrogen) atoms. The molecular weight excluding hydrogens is 279 g/mol. The van der Waals surface area contributed by atoms with Crippen LogP contribution < -0.4 is 4.90 Å². The number of H-pyrrole nitrogens is 1. The molecule has 2 heterocycles. The molecule has 0 saturated heterocycles. The maximum atomic E-state index is 13.9. The van der Waals surface area contributed by atoms with E-state index in [2.05, 4.69) is 15.0 Å². The lowest BCUT2D eigenvalue weighted by molar-refractivity contribution is 0.630. The van der Waals surface area contributed by atoms with Gasteiger partial charge in [-0.05, 0) is 24.3 Å². The van der Waals surface area contributed by atoms with Gasteiger partial charge in [0.2, 0.25) is 0 Å². The lowest BCUT2D eigenvalue weighted by Gasteiger charge is -2.09. The fourth-order valence-corrected chi connectivity index (χ4v) is 2.23. The molecule has 0 bridgehead atoms. The highest BCUT2D eigenvalue weighted by molar-refractivity contribution is 6.33. The van der Waals surface area contributed by atoms with Crippen LogP contribution in [0.15, 0.2) is 30.3 Å². The SMILES string of the molecule is CN(C)c1ccc2[nH]c(-c3c(F)cccc3Cl)nc2n1. The first-order valence-electron chi connectivity index (χ1n) is 6.05. The van der Waals surface area contributed by atoms with Crippen molar-refractivity contribution in [1.82, 2.24) is 15.0 Å². The number of rotatable bonds is 2. The number of nitrogens with one attached hydrogen (secondary N) is 1. The highest BCUT2D eigenvalue weighted by Gasteiger charge is 2.14. The van der Waals surface area contributed by atoms with Gasteiger partial charge >= 0.3 is 0 Å². The maximum absolute atomic E-state index is 13.9. The Morgan fingerprint density at radius 3 is 2.65 bits per heavy atom. The number of imidazole rings is 1. The van der Waals surface area contributed by atoms with E-state index in [-0.39, 0.29) is 5.56 Å². The van der Waals surface area contributed by atoms with Crippen LogP contribution in [0, 0.1) is 5.82 Å². The zero-order valence-corrected chi connectivity index (χ0v) is 11.7. The van der Waals surface area contributed by atoms with Gasteiger partial charge in [-0.3, -0.25) is 0 Å². The third-order valence-corrected chi connectivity index (χ3v) is 3.30. The van der Waals surface area contributed by atoms with Gasteiger partial charge in [0.25, 0.3) is 0 Å². The molecule has 0 spiro atoms. The number of fused-ring (bicyclic) bond motifs is 1. The largest absolute Gasteiger partial charge is 0.363 e. The molecule has 3 rings (SSSR count). The minimum Gasteiger partial charge on any atom is -0.363 e.